The van der Waals surface area contributed by atoms with Crippen molar-refractivity contribution in [2.24, 2.45) is 5.73 Å². The third-order valence-electron chi connectivity index (χ3n) is 3.08. The maximum absolute atomic E-state index is 12.4. The van der Waals surface area contributed by atoms with Crippen LogP contribution in [0.4, 0.5) is 5.69 Å². The fourth-order valence-corrected chi connectivity index (χ4v) is 3.10. The van der Waals surface area contributed by atoms with E-state index in [1.807, 2.05) is 0 Å². The van der Waals surface area contributed by atoms with Crippen LogP contribution in [0.1, 0.15) is 15.9 Å². The molecule has 2 aromatic rings. The monoisotopic (exact) mass is 320 g/mol. The Morgan fingerprint density at radius 3 is 2.50 bits per heavy atom. The normalized spacial score (nSPS) is 11.0. The van der Waals surface area contributed by atoms with E-state index in [1.54, 1.807) is 25.1 Å². The predicted molar refractivity (Wildman–Crippen MR) is 83.5 cm³/mol. The molecule has 116 valence electrons. The van der Waals surface area contributed by atoms with E-state index in [0.717, 1.165) is 0 Å². The third kappa shape index (κ3) is 3.37. The molecule has 6 nitrogen and oxygen atoms in total. The second kappa shape index (κ2) is 6.07. The van der Waals surface area contributed by atoms with Crippen LogP contribution in [0.15, 0.2) is 47.4 Å². The lowest BCUT2D eigenvalue weighted by atomic mass is 10.2. The van der Waals surface area contributed by atoms with Gasteiger partial charge in [-0.25, -0.2) is 8.42 Å². The van der Waals surface area contributed by atoms with E-state index >= 15 is 0 Å². The number of rotatable bonds is 5. The number of benzene rings is 2. The number of hydrogen-bond acceptors (Lipinski definition) is 4. The molecule has 3 N–H and O–H groups in total. The predicted octanol–water partition coefficient (Wildman–Crippen LogP) is 1.90. The van der Waals surface area contributed by atoms with Crippen LogP contribution in [-0.2, 0) is 10.0 Å². The standard InChI is InChI=1S/C15H16N2O4S/c1-10-8-13(6-7-14(10)21-2)22(19,20)17-12-5-3-4-11(9-12)15(16)18/h3-9,17H,1-2H3,(H2,16,18). The molecule has 7 heteroatoms. The average molecular weight is 320 g/mol. The summed E-state index contributed by atoms with van der Waals surface area (Å²) in [7, 11) is -2.24. The number of methoxy groups -OCH3 is 1. The Bertz CT molecular complexity index is 816. The molecule has 0 unspecified atom stereocenters. The van der Waals surface area contributed by atoms with E-state index in [9.17, 15) is 13.2 Å². The minimum absolute atomic E-state index is 0.107. The van der Waals surface area contributed by atoms with E-state index in [1.165, 1.54) is 31.4 Å². The number of nitrogens with two attached hydrogens (primary N) is 1. The van der Waals surface area contributed by atoms with Crippen molar-refractivity contribution in [3.8, 4) is 5.75 Å². The molecule has 0 aliphatic rings. The first kappa shape index (κ1) is 15.8. The molecule has 0 saturated carbocycles. The first-order valence-corrected chi connectivity index (χ1v) is 7.89. The van der Waals surface area contributed by atoms with Gasteiger partial charge in [-0.1, -0.05) is 6.07 Å². The summed E-state index contributed by atoms with van der Waals surface area (Å²) in [5.41, 5.74) is 6.38. The van der Waals surface area contributed by atoms with Gasteiger partial charge in [0.25, 0.3) is 10.0 Å². The van der Waals surface area contributed by atoms with Gasteiger partial charge in [0.2, 0.25) is 5.91 Å². The fraction of sp³-hybridized carbons (Fsp3) is 0.133. The van der Waals surface area contributed by atoms with Gasteiger partial charge in [-0.3, -0.25) is 9.52 Å². The Morgan fingerprint density at radius 1 is 1.18 bits per heavy atom. The average Bonchev–Trinajstić information content (AvgIpc) is 2.47. The Hall–Kier alpha value is -2.54. The molecular weight excluding hydrogens is 304 g/mol. The van der Waals surface area contributed by atoms with Crippen molar-refractivity contribution >= 4 is 21.6 Å². The third-order valence-corrected chi connectivity index (χ3v) is 4.45. The molecule has 22 heavy (non-hydrogen) atoms. The van der Waals surface area contributed by atoms with Crippen LogP contribution in [0.2, 0.25) is 0 Å². The van der Waals surface area contributed by atoms with Crippen LogP contribution in [0.5, 0.6) is 5.75 Å². The van der Waals surface area contributed by atoms with E-state index in [2.05, 4.69) is 4.72 Å². The van der Waals surface area contributed by atoms with Crippen molar-refractivity contribution in [2.75, 3.05) is 11.8 Å². The molecule has 2 rings (SSSR count). The second-order valence-electron chi connectivity index (χ2n) is 4.68. The van der Waals surface area contributed by atoms with Crippen LogP contribution in [0, 0.1) is 6.92 Å². The highest BCUT2D eigenvalue weighted by Crippen LogP contribution is 2.23. The molecule has 0 atom stereocenters. The topological polar surface area (TPSA) is 98.5 Å². The summed E-state index contributed by atoms with van der Waals surface area (Å²) >= 11 is 0. The summed E-state index contributed by atoms with van der Waals surface area (Å²) < 4.78 is 32.3. The minimum atomic E-state index is -3.76. The van der Waals surface area contributed by atoms with Crippen molar-refractivity contribution in [3.63, 3.8) is 0 Å². The van der Waals surface area contributed by atoms with Gasteiger partial charge < -0.3 is 10.5 Å². The maximum atomic E-state index is 12.4. The molecule has 0 bridgehead atoms. The number of anilines is 1. The summed E-state index contributed by atoms with van der Waals surface area (Å²) in [4.78, 5) is 11.2. The molecule has 0 fully saturated rings. The maximum Gasteiger partial charge on any atom is 0.261 e. The largest absolute Gasteiger partial charge is 0.496 e. The Morgan fingerprint density at radius 2 is 1.91 bits per heavy atom. The first-order chi connectivity index (χ1) is 10.3. The zero-order valence-corrected chi connectivity index (χ0v) is 13.0. The summed E-state index contributed by atoms with van der Waals surface area (Å²) in [6.07, 6.45) is 0. The second-order valence-corrected chi connectivity index (χ2v) is 6.36. The van der Waals surface area contributed by atoms with E-state index in [4.69, 9.17) is 10.5 Å². The Kier molecular flexibility index (Phi) is 4.37. The number of hydrogen-bond donors (Lipinski definition) is 2. The molecule has 0 spiro atoms. The highest BCUT2D eigenvalue weighted by atomic mass is 32.2. The van der Waals surface area contributed by atoms with Crippen LogP contribution in [0.3, 0.4) is 0 Å². The number of ether oxygens (including phenoxy) is 1. The summed E-state index contributed by atoms with van der Waals surface area (Å²) in [6, 6.07) is 10.5. The molecule has 2 aromatic carbocycles. The molecular formula is C15H16N2O4S. The highest BCUT2D eigenvalue weighted by molar-refractivity contribution is 7.92. The zero-order valence-electron chi connectivity index (χ0n) is 12.2. The molecule has 0 aliphatic carbocycles. The lowest BCUT2D eigenvalue weighted by Gasteiger charge is -2.11. The van der Waals surface area contributed by atoms with Gasteiger partial charge in [0.1, 0.15) is 5.75 Å². The molecule has 1 amide bonds. The first-order valence-electron chi connectivity index (χ1n) is 6.41. The van der Waals surface area contributed by atoms with Crippen molar-refractivity contribution in [3.05, 3.63) is 53.6 Å². The summed E-state index contributed by atoms with van der Waals surface area (Å²) in [5, 5.41) is 0. The van der Waals surface area contributed by atoms with Gasteiger partial charge in [0.15, 0.2) is 0 Å². The number of carbonyl (C=O) groups excluding carboxylic acids is 1. The highest BCUT2D eigenvalue weighted by Gasteiger charge is 2.16. The number of primary amides is 1. The number of amides is 1. The van der Waals surface area contributed by atoms with Crippen LogP contribution < -0.4 is 15.2 Å². The van der Waals surface area contributed by atoms with Crippen LogP contribution in [0.25, 0.3) is 0 Å². The Labute approximate surface area is 129 Å². The summed E-state index contributed by atoms with van der Waals surface area (Å²) in [6.45, 7) is 1.76. The number of nitrogens with one attached hydrogen (secondary N) is 1. The molecule has 0 aromatic heterocycles. The van der Waals surface area contributed by atoms with Crippen LogP contribution >= 0.6 is 0 Å². The molecule has 0 heterocycles. The number of carbonyl (C=O) groups is 1. The molecule has 0 aliphatic heterocycles. The van der Waals surface area contributed by atoms with Gasteiger partial charge >= 0.3 is 0 Å². The van der Waals surface area contributed by atoms with Crippen molar-refractivity contribution in [1.29, 1.82) is 0 Å². The van der Waals surface area contributed by atoms with Gasteiger partial charge in [0, 0.05) is 11.3 Å². The smallest absolute Gasteiger partial charge is 0.261 e. The van der Waals surface area contributed by atoms with Crippen molar-refractivity contribution < 1.29 is 17.9 Å². The van der Waals surface area contributed by atoms with Crippen molar-refractivity contribution in [1.82, 2.24) is 0 Å². The zero-order chi connectivity index (χ0) is 16.3. The lowest BCUT2D eigenvalue weighted by Crippen LogP contribution is -2.15. The minimum Gasteiger partial charge on any atom is -0.496 e. The summed E-state index contributed by atoms with van der Waals surface area (Å²) in [5.74, 6) is -0.0176. The van der Waals surface area contributed by atoms with Crippen molar-refractivity contribution in [2.45, 2.75) is 11.8 Å². The lowest BCUT2D eigenvalue weighted by molar-refractivity contribution is 0.100. The van der Waals surface area contributed by atoms with Gasteiger partial charge in [-0.2, -0.15) is 0 Å². The van der Waals surface area contributed by atoms with Gasteiger partial charge in [-0.15, -0.1) is 0 Å². The molecule has 0 radical (unpaired) electrons. The number of aryl methyl sites for hydroxylation is 1. The Balaban J connectivity index is 2.33. The van der Waals surface area contributed by atoms with E-state index in [-0.39, 0.29) is 16.1 Å². The number of sulfonamides is 1. The van der Waals surface area contributed by atoms with Crippen LogP contribution in [-0.4, -0.2) is 21.4 Å². The van der Waals surface area contributed by atoms with E-state index < -0.39 is 15.9 Å². The molecule has 0 saturated heterocycles. The quantitative estimate of drug-likeness (QED) is 0.879. The SMILES string of the molecule is COc1ccc(S(=O)(=O)Nc2cccc(C(N)=O)c2)cc1C. The van der Waals surface area contributed by atoms with Gasteiger partial charge in [-0.05, 0) is 48.9 Å². The van der Waals surface area contributed by atoms with Gasteiger partial charge in [0.05, 0.1) is 12.0 Å². The van der Waals surface area contributed by atoms with E-state index in [0.29, 0.717) is 11.3 Å². The fourth-order valence-electron chi connectivity index (χ4n) is 1.97.